The van der Waals surface area contributed by atoms with E-state index in [0.717, 1.165) is 21.3 Å². The molecule has 2 aliphatic heterocycles. The summed E-state index contributed by atoms with van der Waals surface area (Å²) in [5.74, 6) is -7.21. The van der Waals surface area contributed by atoms with Crippen LogP contribution < -0.4 is 68.9 Å². The molecule has 31 nitrogen and oxygen atoms in total. The lowest BCUT2D eigenvalue weighted by molar-refractivity contribution is -0.119. The molecule has 0 atom stereocenters. The van der Waals surface area contributed by atoms with Crippen LogP contribution in [-0.2, 0) is 25.5 Å². The zero-order chi connectivity index (χ0) is 91.5. The Morgan fingerprint density at radius 3 is 1.08 bits per heavy atom. The molecule has 0 spiro atoms. The number of carboxylic acid groups (broad SMARTS) is 2. The zero-order valence-corrected chi connectivity index (χ0v) is 65.7. The molecule has 131 heavy (non-hydrogen) atoms. The number of hydrogen-bond acceptors (Lipinski definition) is 23. The van der Waals surface area contributed by atoms with Crippen molar-refractivity contribution >= 4 is 64.5 Å². The first-order valence-electron chi connectivity index (χ1n) is 36.6. The first-order valence-corrected chi connectivity index (χ1v) is 36.6. The van der Waals surface area contributed by atoms with Gasteiger partial charge >= 0.3 is 29.5 Å². The fourth-order valence-corrected chi connectivity index (χ4v) is 11.0. The maximum atomic E-state index is 14.8. The highest BCUT2D eigenvalue weighted by molar-refractivity contribution is 5.98. The number of hydrogen-bond donors (Lipinski definition) is 6. The van der Waals surface area contributed by atoms with E-state index in [2.05, 4.69) is 34.5 Å². The van der Waals surface area contributed by atoms with E-state index in [4.69, 9.17) is 40.6 Å². The number of amides is 2. The molecule has 7 aromatic heterocycles. The van der Waals surface area contributed by atoms with E-state index >= 15 is 0 Å². The van der Waals surface area contributed by atoms with Crippen LogP contribution in [0, 0.1) is 40.7 Å². The Balaban J connectivity index is 0.000000245. The lowest BCUT2D eigenvalue weighted by Gasteiger charge is -2.19. The predicted molar refractivity (Wildman–Crippen MR) is 469 cm³/mol. The quantitative estimate of drug-likeness (QED) is 0.0240. The average Bonchev–Trinajstić information content (AvgIpc) is 0.826. The molecule has 16 rings (SSSR count). The Morgan fingerprint density at radius 2 is 0.725 bits per heavy atom. The van der Waals surface area contributed by atoms with Gasteiger partial charge in [-0.25, -0.2) is 64.7 Å². The minimum atomic E-state index is -1.29. The number of carbonyl (C=O) groups excluding carboxylic acids is 5. The number of nitrogens with one attached hydrogen (secondary N) is 2. The van der Waals surface area contributed by atoms with Crippen LogP contribution in [0.25, 0.3) is 22.7 Å². The van der Waals surface area contributed by atoms with E-state index in [1.807, 2.05) is 0 Å². The van der Waals surface area contributed by atoms with Gasteiger partial charge in [0.2, 0.25) is 11.5 Å². The molecular formula is C93H81F7N10O21. The molecule has 8 N–H and O–H groups in total. The molecule has 0 saturated heterocycles. The number of aromatic nitrogens is 6. The topological polar surface area (TPSA) is 435 Å². The van der Waals surface area contributed by atoms with Gasteiger partial charge in [-0.05, 0) is 212 Å². The highest BCUT2D eigenvalue weighted by Gasteiger charge is 2.26. The van der Waals surface area contributed by atoms with Gasteiger partial charge in [-0.2, -0.15) is 0 Å². The molecule has 9 heterocycles. The van der Waals surface area contributed by atoms with Crippen molar-refractivity contribution in [2.24, 2.45) is 0 Å². The van der Waals surface area contributed by atoms with Gasteiger partial charge in [0.05, 0.1) is 26.0 Å². The zero-order valence-electron chi connectivity index (χ0n) is 65.7. The van der Waals surface area contributed by atoms with E-state index in [-0.39, 0.29) is 141 Å². The summed E-state index contributed by atoms with van der Waals surface area (Å²) in [7, 11) is 2.41. The highest BCUT2D eigenvalue weighted by Crippen LogP contribution is 2.40. The summed E-state index contributed by atoms with van der Waals surface area (Å²) in [6.07, 6.45) is 9.64. The second-order valence-electron chi connectivity index (χ2n) is 25.7. The van der Waals surface area contributed by atoms with Gasteiger partial charge in [0, 0.05) is 95.9 Å². The van der Waals surface area contributed by atoms with Crippen molar-refractivity contribution in [2.75, 3.05) is 49.5 Å². The van der Waals surface area contributed by atoms with Crippen LogP contribution >= 0.6 is 0 Å². The number of methoxy groups -OCH3 is 2. The number of rotatable bonds is 15. The maximum absolute atomic E-state index is 14.8. The Bertz CT molecular complexity index is 6590. The number of aromatic carboxylic acids is 2. The Hall–Kier alpha value is -17.6. The van der Waals surface area contributed by atoms with Crippen molar-refractivity contribution in [3.8, 4) is 57.2 Å². The summed E-state index contributed by atoms with van der Waals surface area (Å²) in [6, 6.07) is 51.9. The van der Waals surface area contributed by atoms with Gasteiger partial charge in [-0.15, -0.1) is 0 Å². The van der Waals surface area contributed by atoms with E-state index in [1.54, 1.807) is 6.07 Å². The second-order valence-corrected chi connectivity index (χ2v) is 25.7. The average molecular weight is 1810 g/mol. The number of nitrogens with zero attached hydrogens (tertiary/aromatic N) is 6. The van der Waals surface area contributed by atoms with Crippen LogP contribution in [-0.4, -0.2) is 107 Å². The molecular weight excluding hydrogens is 1730 g/mol. The summed E-state index contributed by atoms with van der Waals surface area (Å²) in [4.78, 5) is 146. The predicted octanol–water partition coefficient (Wildman–Crippen LogP) is 15.5. The number of nitrogen functional groups attached to an aromatic ring is 2. The van der Waals surface area contributed by atoms with Crippen molar-refractivity contribution in [1.29, 1.82) is 0 Å². The smallest absolute Gasteiger partial charge is 0.350 e. The molecule has 0 radical (unpaired) electrons. The molecule has 0 aliphatic carbocycles. The van der Waals surface area contributed by atoms with Gasteiger partial charge in [0.1, 0.15) is 51.3 Å². The van der Waals surface area contributed by atoms with Crippen LogP contribution in [0.1, 0.15) is 87.1 Å². The standard InChI is InChI=1S/C26H17F2N3O5.C13H10FN3O3.C13H10FNO3.2C12H8FNO3.C7H6O4.C6H6FN.4CH4/c27-16-4-6-17(7-5-16)31-11-1-2-18(26(31)34)20(32)13-15-3-8-21(19(28)12-15)36-22-9-10-29-25-24(22)35-14-23(33)30-25;14-8-5-7(15)1-2-9(8)20-10-3-4-16-13-12(10)19-6-11(18)17-13;1-18-13(17)11-3-2-8-15(12(11)16)10-6-4-9(14)5-7-10;2*13-8-3-5-9(6-4-8)14-7-1-2-10(11(14)15)12(16)17;1-10-6(8)5-3-2-4-11-7(5)9;7-5-1-3-6(8)4-2-5;;;;/h1-12H,13-14H2,(H,29,30,33);1-5H,6,15H2,(H,16,17,18);2-8H,1H3;2*1-7H,(H,16,17);2-4H,1H3;1-4H,8H2;4*1H4. The van der Waals surface area contributed by atoms with Crippen LogP contribution in [0.2, 0.25) is 0 Å². The molecule has 38 heteroatoms. The minimum absolute atomic E-state index is 0. The van der Waals surface area contributed by atoms with Gasteiger partial charge in [0.25, 0.3) is 34.1 Å². The van der Waals surface area contributed by atoms with Crippen molar-refractivity contribution < 1.29 is 107 Å². The van der Waals surface area contributed by atoms with Crippen LogP contribution in [0.5, 0.6) is 34.5 Å². The number of anilines is 4. The third-order valence-electron chi connectivity index (χ3n) is 17.1. The molecule has 7 aromatic carbocycles. The van der Waals surface area contributed by atoms with Crippen molar-refractivity contribution in [3.05, 3.63) is 400 Å². The lowest BCUT2D eigenvalue weighted by atomic mass is 10.0. The molecule has 2 aliphatic rings. The van der Waals surface area contributed by atoms with Crippen LogP contribution in [0.3, 0.4) is 0 Å². The molecule has 678 valence electrons. The third kappa shape index (κ3) is 27.4. The fraction of sp³-hybridized carbons (Fsp3) is 0.0968. The van der Waals surface area contributed by atoms with Crippen LogP contribution in [0.4, 0.5) is 53.7 Å². The lowest BCUT2D eigenvalue weighted by Crippen LogP contribution is -2.26. The monoisotopic (exact) mass is 1810 g/mol. The third-order valence-corrected chi connectivity index (χ3v) is 17.1. The van der Waals surface area contributed by atoms with Gasteiger partial charge in [-0.3, -0.25) is 51.8 Å². The molecule has 0 fully saturated rings. The SMILES string of the molecule is C.C.C.C.COC(=O)c1cccn(-c2ccc(F)cc2)c1=O.COC(=O)c1cccoc1=O.Nc1ccc(F)cc1.Nc1ccc(Oc2ccnc3c2OCC(=O)N3)c(F)c1.O=C(O)c1cccn(-c2ccc(F)cc2)c1=O.O=C(O)c1cccn(-c2ccc(F)cc2)c1=O.O=C1COc2c(Oc3ccc(CC(=O)c4cccn(-c5ccc(F)cc5)c4=O)cc3F)ccnc2N1. The number of Topliss-reactive ketones (excluding diaryl/α,β-unsaturated/α-hetero) is 1. The summed E-state index contributed by atoms with van der Waals surface area (Å²) in [6.45, 7) is -0.361. The summed E-state index contributed by atoms with van der Waals surface area (Å²) < 4.78 is 132. The second kappa shape index (κ2) is 48.0. The number of benzene rings is 7. The number of halogens is 7. The Kier molecular flexibility index (Phi) is 37.5. The van der Waals surface area contributed by atoms with E-state index in [9.17, 15) is 88.3 Å². The van der Waals surface area contributed by atoms with Crippen molar-refractivity contribution in [1.82, 2.24) is 28.2 Å². The Labute approximate surface area is 739 Å². The number of esters is 2. The number of carboxylic acids is 2. The number of pyridine rings is 6. The molecule has 0 saturated carbocycles. The largest absolute Gasteiger partial charge is 0.477 e. The molecule has 0 unspecified atom stereocenters. The maximum Gasteiger partial charge on any atom is 0.350 e. The Morgan fingerprint density at radius 1 is 0.397 bits per heavy atom. The number of nitrogens with two attached hydrogens (primary N) is 2. The van der Waals surface area contributed by atoms with E-state index < -0.39 is 92.4 Å². The van der Waals surface area contributed by atoms with E-state index in [1.165, 1.54) is 279 Å². The number of ketones is 1. The highest BCUT2D eigenvalue weighted by atomic mass is 19.2. The first-order chi connectivity index (χ1) is 60.9. The van der Waals surface area contributed by atoms with Crippen molar-refractivity contribution in [3.63, 3.8) is 0 Å². The van der Waals surface area contributed by atoms with Crippen molar-refractivity contribution in [2.45, 2.75) is 36.1 Å². The number of ether oxygens (including phenoxy) is 6. The van der Waals surface area contributed by atoms with Gasteiger partial charge in [-0.1, -0.05) is 35.8 Å². The molecule has 0 bridgehead atoms. The minimum Gasteiger partial charge on any atom is -0.477 e. The van der Waals surface area contributed by atoms with E-state index in [0.29, 0.717) is 39.7 Å². The van der Waals surface area contributed by atoms with Crippen LogP contribution in [0.15, 0.2) is 302 Å². The number of fused-ring (bicyclic) bond motifs is 2. The van der Waals surface area contributed by atoms with Gasteiger partial charge in [0.15, 0.2) is 65.3 Å². The normalized spacial score (nSPS) is 10.8. The fourth-order valence-electron chi connectivity index (χ4n) is 11.0. The summed E-state index contributed by atoms with van der Waals surface area (Å²) >= 11 is 0. The number of carbonyl (C=O) groups is 7. The first kappa shape index (κ1) is 102. The summed E-state index contributed by atoms with van der Waals surface area (Å²) in [5.41, 5.74) is 9.75. The summed E-state index contributed by atoms with van der Waals surface area (Å²) in [5, 5.41) is 22.7. The molecule has 2 amide bonds. The molecule has 14 aromatic rings. The van der Waals surface area contributed by atoms with Gasteiger partial charge < -0.3 is 65.2 Å².